The van der Waals surface area contributed by atoms with Gasteiger partial charge in [-0.3, -0.25) is 4.90 Å². The first-order chi connectivity index (χ1) is 10.8. The fraction of sp³-hybridized carbons (Fsp3) is 0.444. The van der Waals surface area contributed by atoms with E-state index in [-0.39, 0.29) is 6.61 Å². The summed E-state index contributed by atoms with van der Waals surface area (Å²) in [6.45, 7) is 1.71. The number of nitrogens with zero attached hydrogens (tertiary/aromatic N) is 1. The van der Waals surface area contributed by atoms with Gasteiger partial charge >= 0.3 is 0 Å². The lowest BCUT2D eigenvalue weighted by Gasteiger charge is -2.25. The molecule has 0 bridgehead atoms. The number of likely N-dealkylation sites (tertiary alicyclic amines) is 1. The highest BCUT2D eigenvalue weighted by atomic mass is 16.4. The SMILES string of the molecule is OCc1ccc(CN2CCC[C@H]2C[C@@H](O)c2ccccc2)o1. The van der Waals surface area contributed by atoms with Gasteiger partial charge in [0.2, 0.25) is 0 Å². The van der Waals surface area contributed by atoms with Crippen molar-refractivity contribution in [3.63, 3.8) is 0 Å². The van der Waals surface area contributed by atoms with Gasteiger partial charge in [-0.15, -0.1) is 0 Å². The van der Waals surface area contributed by atoms with Crippen LogP contribution in [0, 0.1) is 0 Å². The monoisotopic (exact) mass is 301 g/mol. The van der Waals surface area contributed by atoms with E-state index in [1.807, 2.05) is 42.5 Å². The Bertz CT molecular complexity index is 581. The molecule has 1 fully saturated rings. The molecule has 2 heterocycles. The molecular formula is C18H23NO3. The Labute approximate surface area is 131 Å². The summed E-state index contributed by atoms with van der Waals surface area (Å²) in [6.07, 6.45) is 2.59. The maximum absolute atomic E-state index is 10.4. The van der Waals surface area contributed by atoms with Crippen LogP contribution in [0.15, 0.2) is 46.9 Å². The van der Waals surface area contributed by atoms with Crippen molar-refractivity contribution in [1.29, 1.82) is 0 Å². The molecule has 3 rings (SSSR count). The molecule has 22 heavy (non-hydrogen) atoms. The van der Waals surface area contributed by atoms with Crippen LogP contribution in [0.3, 0.4) is 0 Å². The van der Waals surface area contributed by atoms with E-state index in [9.17, 15) is 5.11 Å². The Morgan fingerprint density at radius 1 is 1.14 bits per heavy atom. The molecule has 0 radical (unpaired) electrons. The minimum Gasteiger partial charge on any atom is -0.462 e. The number of hydrogen-bond donors (Lipinski definition) is 2. The summed E-state index contributed by atoms with van der Waals surface area (Å²) in [7, 11) is 0. The van der Waals surface area contributed by atoms with Gasteiger partial charge in [0.1, 0.15) is 18.1 Å². The van der Waals surface area contributed by atoms with Crippen molar-refractivity contribution in [3.05, 3.63) is 59.5 Å². The zero-order valence-electron chi connectivity index (χ0n) is 12.7. The van der Waals surface area contributed by atoms with E-state index in [2.05, 4.69) is 4.90 Å². The zero-order chi connectivity index (χ0) is 15.4. The average Bonchev–Trinajstić information content (AvgIpc) is 3.18. The van der Waals surface area contributed by atoms with Crippen LogP contribution in [0.4, 0.5) is 0 Å². The number of aliphatic hydroxyl groups is 2. The Morgan fingerprint density at radius 3 is 2.64 bits per heavy atom. The van der Waals surface area contributed by atoms with Crippen molar-refractivity contribution < 1.29 is 14.6 Å². The molecule has 2 N–H and O–H groups in total. The molecule has 1 aromatic carbocycles. The fourth-order valence-corrected chi connectivity index (χ4v) is 3.23. The second-order valence-corrected chi connectivity index (χ2v) is 5.95. The van der Waals surface area contributed by atoms with E-state index in [4.69, 9.17) is 9.52 Å². The van der Waals surface area contributed by atoms with Crippen molar-refractivity contribution in [2.75, 3.05) is 6.54 Å². The number of rotatable bonds is 6. The molecule has 0 unspecified atom stereocenters. The van der Waals surface area contributed by atoms with Crippen LogP contribution in [0.25, 0.3) is 0 Å². The van der Waals surface area contributed by atoms with E-state index >= 15 is 0 Å². The second-order valence-electron chi connectivity index (χ2n) is 5.95. The van der Waals surface area contributed by atoms with Crippen LogP contribution in [0.1, 0.15) is 42.5 Å². The van der Waals surface area contributed by atoms with Crippen molar-refractivity contribution in [3.8, 4) is 0 Å². The molecule has 4 heteroatoms. The minimum atomic E-state index is -0.420. The Morgan fingerprint density at radius 2 is 1.91 bits per heavy atom. The number of furan rings is 1. The van der Waals surface area contributed by atoms with E-state index in [1.165, 1.54) is 0 Å². The first-order valence-corrected chi connectivity index (χ1v) is 7.92. The average molecular weight is 301 g/mol. The molecule has 2 atom stereocenters. The third-order valence-electron chi connectivity index (χ3n) is 4.41. The predicted octanol–water partition coefficient (Wildman–Crippen LogP) is 2.86. The Hall–Kier alpha value is -1.62. The number of benzene rings is 1. The Balaban J connectivity index is 1.60. The molecule has 4 nitrogen and oxygen atoms in total. The Kier molecular flexibility index (Phi) is 4.93. The summed E-state index contributed by atoms with van der Waals surface area (Å²) in [4.78, 5) is 2.37. The van der Waals surface area contributed by atoms with E-state index < -0.39 is 6.10 Å². The molecule has 0 spiro atoms. The van der Waals surface area contributed by atoms with Gasteiger partial charge in [-0.05, 0) is 43.5 Å². The first-order valence-electron chi connectivity index (χ1n) is 7.92. The van der Waals surface area contributed by atoms with E-state index in [0.717, 1.165) is 43.7 Å². The van der Waals surface area contributed by atoms with Crippen molar-refractivity contribution >= 4 is 0 Å². The third kappa shape index (κ3) is 3.58. The van der Waals surface area contributed by atoms with Crippen LogP contribution >= 0.6 is 0 Å². The fourth-order valence-electron chi connectivity index (χ4n) is 3.23. The quantitative estimate of drug-likeness (QED) is 0.861. The van der Waals surface area contributed by atoms with Crippen LogP contribution in [-0.2, 0) is 13.2 Å². The van der Waals surface area contributed by atoms with Crippen molar-refractivity contribution in [2.45, 2.75) is 44.6 Å². The lowest BCUT2D eigenvalue weighted by atomic mass is 10.0. The molecule has 118 valence electrons. The molecule has 1 aliphatic heterocycles. The summed E-state index contributed by atoms with van der Waals surface area (Å²) in [5, 5.41) is 19.5. The number of hydrogen-bond acceptors (Lipinski definition) is 4. The molecule has 1 saturated heterocycles. The molecular weight excluding hydrogens is 278 g/mol. The maximum atomic E-state index is 10.4. The maximum Gasteiger partial charge on any atom is 0.129 e. The van der Waals surface area contributed by atoms with Gasteiger partial charge in [-0.25, -0.2) is 0 Å². The summed E-state index contributed by atoms with van der Waals surface area (Å²) in [5.74, 6) is 1.49. The molecule has 0 amide bonds. The van der Waals surface area contributed by atoms with Gasteiger partial charge in [0.25, 0.3) is 0 Å². The molecule has 2 aromatic rings. The smallest absolute Gasteiger partial charge is 0.129 e. The summed E-state index contributed by atoms with van der Waals surface area (Å²) < 4.78 is 5.58. The van der Waals surface area contributed by atoms with Gasteiger partial charge in [0.05, 0.1) is 12.6 Å². The van der Waals surface area contributed by atoms with Crippen LogP contribution in [0.2, 0.25) is 0 Å². The van der Waals surface area contributed by atoms with Gasteiger partial charge in [-0.2, -0.15) is 0 Å². The molecule has 0 aliphatic carbocycles. The van der Waals surface area contributed by atoms with Crippen molar-refractivity contribution in [2.24, 2.45) is 0 Å². The lowest BCUT2D eigenvalue weighted by molar-refractivity contribution is 0.114. The van der Waals surface area contributed by atoms with Crippen LogP contribution in [0.5, 0.6) is 0 Å². The normalized spacial score (nSPS) is 20.4. The topological polar surface area (TPSA) is 56.8 Å². The van der Waals surface area contributed by atoms with Gasteiger partial charge < -0.3 is 14.6 Å². The third-order valence-corrected chi connectivity index (χ3v) is 4.41. The predicted molar refractivity (Wildman–Crippen MR) is 84.1 cm³/mol. The van der Waals surface area contributed by atoms with Gasteiger partial charge in [0.15, 0.2) is 0 Å². The van der Waals surface area contributed by atoms with Crippen LogP contribution in [-0.4, -0.2) is 27.7 Å². The van der Waals surface area contributed by atoms with Gasteiger partial charge in [-0.1, -0.05) is 30.3 Å². The highest BCUT2D eigenvalue weighted by Crippen LogP contribution is 2.28. The summed E-state index contributed by atoms with van der Waals surface area (Å²) in [6, 6.07) is 14.0. The van der Waals surface area contributed by atoms with Crippen molar-refractivity contribution in [1.82, 2.24) is 4.90 Å². The van der Waals surface area contributed by atoms with Gasteiger partial charge in [0, 0.05) is 6.04 Å². The lowest BCUT2D eigenvalue weighted by Crippen LogP contribution is -2.30. The summed E-state index contributed by atoms with van der Waals surface area (Å²) in [5.41, 5.74) is 0.981. The standard InChI is InChI=1S/C18H23NO3/c20-13-17-9-8-16(22-17)12-19-10-4-7-15(19)11-18(21)14-5-2-1-3-6-14/h1-3,5-6,8-9,15,18,20-21H,4,7,10-13H2/t15-,18+/m0/s1. The highest BCUT2D eigenvalue weighted by Gasteiger charge is 2.27. The largest absolute Gasteiger partial charge is 0.462 e. The molecule has 1 aliphatic rings. The van der Waals surface area contributed by atoms with E-state index in [0.29, 0.717) is 11.8 Å². The van der Waals surface area contributed by atoms with Crippen LogP contribution < -0.4 is 0 Å². The molecule has 1 aromatic heterocycles. The highest BCUT2D eigenvalue weighted by molar-refractivity contribution is 5.17. The number of aliphatic hydroxyl groups excluding tert-OH is 2. The zero-order valence-corrected chi connectivity index (χ0v) is 12.7. The van der Waals surface area contributed by atoms with E-state index in [1.54, 1.807) is 0 Å². The first kappa shape index (κ1) is 15.3. The molecule has 0 saturated carbocycles. The summed E-state index contributed by atoms with van der Waals surface area (Å²) >= 11 is 0. The minimum absolute atomic E-state index is 0.0594. The second kappa shape index (κ2) is 7.09.